The van der Waals surface area contributed by atoms with Crippen molar-refractivity contribution in [2.75, 3.05) is 7.11 Å². The van der Waals surface area contributed by atoms with Gasteiger partial charge in [0, 0.05) is 19.3 Å². The first-order valence-electron chi connectivity index (χ1n) is 9.36. The van der Waals surface area contributed by atoms with Gasteiger partial charge in [-0.3, -0.25) is 14.4 Å². The summed E-state index contributed by atoms with van der Waals surface area (Å²) >= 11 is 0. The van der Waals surface area contributed by atoms with E-state index in [2.05, 4.69) is 19.6 Å². The van der Waals surface area contributed by atoms with Crippen molar-refractivity contribution in [3.8, 4) is 0 Å². The van der Waals surface area contributed by atoms with E-state index in [1.165, 1.54) is 12.7 Å². The maximum atomic E-state index is 12.7. The number of Topliss-reactive ketones (excluding diaryl/α,β-unsaturated/α-hetero) is 2. The molecule has 0 radical (unpaired) electrons. The van der Waals surface area contributed by atoms with E-state index in [-0.39, 0.29) is 30.3 Å². The van der Waals surface area contributed by atoms with E-state index in [1.807, 2.05) is 0 Å². The molecular formula is C21H30O4. The zero-order valence-electron chi connectivity index (χ0n) is 15.6. The van der Waals surface area contributed by atoms with Gasteiger partial charge < -0.3 is 4.74 Å². The topological polar surface area (TPSA) is 60.4 Å². The smallest absolute Gasteiger partial charge is 0.319 e. The average Bonchev–Trinajstić information content (AvgIpc) is 2.91. The van der Waals surface area contributed by atoms with Crippen molar-refractivity contribution in [1.29, 1.82) is 0 Å². The van der Waals surface area contributed by atoms with Gasteiger partial charge in [-0.25, -0.2) is 0 Å². The summed E-state index contributed by atoms with van der Waals surface area (Å²) in [6.45, 7) is 6.17. The Morgan fingerprint density at radius 2 is 1.84 bits per heavy atom. The van der Waals surface area contributed by atoms with Crippen LogP contribution in [-0.2, 0) is 19.1 Å². The second kappa shape index (κ2) is 8.59. The Balaban J connectivity index is 2.27. The molecule has 4 heteroatoms. The highest BCUT2D eigenvalue weighted by molar-refractivity contribution is 6.06. The Morgan fingerprint density at radius 1 is 1.12 bits per heavy atom. The van der Waals surface area contributed by atoms with E-state index in [4.69, 9.17) is 4.74 Å². The standard InChI is InChI=1S/C21H30O4/c1-15-5-4-6-17-10-12-19(23)21(17,20(24)25-3)14-13-18(22)11-9-16(2)8-7-15/h5,17H,2,4,6-14H2,1,3H3/b15-5+/t17-,21-/m0/s1. The summed E-state index contributed by atoms with van der Waals surface area (Å²) in [6, 6.07) is 0. The van der Waals surface area contributed by atoms with Crippen molar-refractivity contribution in [3.05, 3.63) is 23.8 Å². The molecule has 25 heavy (non-hydrogen) atoms. The summed E-state index contributed by atoms with van der Waals surface area (Å²) in [7, 11) is 1.33. The van der Waals surface area contributed by atoms with E-state index in [1.54, 1.807) is 0 Å². The van der Waals surface area contributed by atoms with E-state index in [9.17, 15) is 14.4 Å². The summed E-state index contributed by atoms with van der Waals surface area (Å²) in [5, 5.41) is 0. The fourth-order valence-electron chi connectivity index (χ4n) is 4.21. The normalized spacial score (nSPS) is 31.7. The summed E-state index contributed by atoms with van der Waals surface area (Å²) in [6.07, 6.45) is 8.54. The van der Waals surface area contributed by atoms with Crippen LogP contribution in [0.25, 0.3) is 0 Å². The SMILES string of the molecule is C=C1CCC(=O)CC[C@@]2(C(=O)OC)C(=O)CC[C@@H]2CC/C=C(\C)CC1. The van der Waals surface area contributed by atoms with Gasteiger partial charge >= 0.3 is 5.97 Å². The van der Waals surface area contributed by atoms with Crippen molar-refractivity contribution in [3.63, 3.8) is 0 Å². The molecule has 0 spiro atoms. The second-order valence-electron chi connectivity index (χ2n) is 7.54. The van der Waals surface area contributed by atoms with Crippen LogP contribution in [0.1, 0.15) is 71.1 Å². The number of hydrogen-bond donors (Lipinski definition) is 0. The van der Waals surface area contributed by atoms with Crippen LogP contribution in [0.5, 0.6) is 0 Å². The number of methoxy groups -OCH3 is 1. The zero-order chi connectivity index (χ0) is 18.4. The van der Waals surface area contributed by atoms with Crippen LogP contribution in [0, 0.1) is 11.3 Å². The lowest BCUT2D eigenvalue weighted by molar-refractivity contribution is -0.160. The Hall–Kier alpha value is -1.71. The molecule has 0 amide bonds. The maximum Gasteiger partial charge on any atom is 0.319 e. The van der Waals surface area contributed by atoms with Gasteiger partial charge in [0.05, 0.1) is 7.11 Å². The summed E-state index contributed by atoms with van der Waals surface area (Å²) < 4.78 is 5.01. The predicted octanol–water partition coefficient (Wildman–Crippen LogP) is 4.33. The minimum atomic E-state index is -1.12. The molecular weight excluding hydrogens is 316 g/mol. The Morgan fingerprint density at radius 3 is 2.56 bits per heavy atom. The lowest BCUT2D eigenvalue weighted by atomic mass is 9.71. The Kier molecular flexibility index (Phi) is 6.74. The molecule has 0 unspecified atom stereocenters. The van der Waals surface area contributed by atoms with Crippen LogP contribution in [0.15, 0.2) is 23.8 Å². The van der Waals surface area contributed by atoms with Gasteiger partial charge in [0.2, 0.25) is 0 Å². The molecule has 0 N–H and O–H groups in total. The lowest BCUT2D eigenvalue weighted by Gasteiger charge is -2.31. The number of rotatable bonds is 1. The molecule has 0 aromatic rings. The molecule has 0 heterocycles. The number of hydrogen-bond acceptors (Lipinski definition) is 4. The quantitative estimate of drug-likeness (QED) is 0.403. The lowest BCUT2D eigenvalue weighted by Crippen LogP contribution is -2.42. The fraction of sp³-hybridized carbons (Fsp3) is 0.667. The van der Waals surface area contributed by atoms with Crippen LogP contribution in [0.4, 0.5) is 0 Å². The highest BCUT2D eigenvalue weighted by atomic mass is 16.5. The van der Waals surface area contributed by atoms with Gasteiger partial charge in [0.25, 0.3) is 0 Å². The number of ether oxygens (including phenoxy) is 1. The third-order valence-electron chi connectivity index (χ3n) is 5.90. The number of fused-ring (bicyclic) bond motifs is 1. The first-order chi connectivity index (χ1) is 11.9. The molecule has 0 saturated heterocycles. The highest BCUT2D eigenvalue weighted by Crippen LogP contribution is 2.47. The third-order valence-corrected chi connectivity index (χ3v) is 5.90. The maximum absolute atomic E-state index is 12.7. The second-order valence-corrected chi connectivity index (χ2v) is 7.54. The molecule has 0 aromatic heterocycles. The molecule has 2 aliphatic rings. The Labute approximate surface area is 150 Å². The molecule has 1 saturated carbocycles. The van der Waals surface area contributed by atoms with Crippen LogP contribution < -0.4 is 0 Å². The molecule has 2 rings (SSSR count). The van der Waals surface area contributed by atoms with Gasteiger partial charge in [-0.05, 0) is 57.8 Å². The minimum absolute atomic E-state index is 0.0257. The number of esters is 1. The zero-order valence-corrected chi connectivity index (χ0v) is 15.6. The molecule has 138 valence electrons. The van der Waals surface area contributed by atoms with Crippen LogP contribution >= 0.6 is 0 Å². The van der Waals surface area contributed by atoms with Gasteiger partial charge in [0.1, 0.15) is 17.0 Å². The monoisotopic (exact) mass is 346 g/mol. The predicted molar refractivity (Wildman–Crippen MR) is 97.0 cm³/mol. The summed E-state index contributed by atoms with van der Waals surface area (Å²) in [5.41, 5.74) is 1.28. The molecule has 1 fully saturated rings. The van der Waals surface area contributed by atoms with Crippen molar-refractivity contribution >= 4 is 17.5 Å². The molecule has 2 atom stereocenters. The van der Waals surface area contributed by atoms with E-state index in [0.29, 0.717) is 25.7 Å². The third kappa shape index (κ3) is 4.47. The van der Waals surface area contributed by atoms with Gasteiger partial charge in [0.15, 0.2) is 0 Å². The molecule has 2 aliphatic carbocycles. The van der Waals surface area contributed by atoms with Crippen molar-refractivity contribution in [1.82, 2.24) is 0 Å². The van der Waals surface area contributed by atoms with E-state index < -0.39 is 11.4 Å². The van der Waals surface area contributed by atoms with Crippen LogP contribution in [-0.4, -0.2) is 24.6 Å². The van der Waals surface area contributed by atoms with Gasteiger partial charge in [-0.1, -0.05) is 23.8 Å². The van der Waals surface area contributed by atoms with Crippen molar-refractivity contribution in [2.24, 2.45) is 11.3 Å². The van der Waals surface area contributed by atoms with Gasteiger partial charge in [-0.15, -0.1) is 0 Å². The van der Waals surface area contributed by atoms with Crippen LogP contribution in [0.3, 0.4) is 0 Å². The molecule has 0 aliphatic heterocycles. The Bertz CT molecular complexity index is 587. The summed E-state index contributed by atoms with van der Waals surface area (Å²) in [4.78, 5) is 37.5. The first kappa shape index (κ1) is 19.6. The molecule has 0 bridgehead atoms. The van der Waals surface area contributed by atoms with Crippen molar-refractivity contribution < 1.29 is 19.1 Å². The van der Waals surface area contributed by atoms with E-state index in [0.717, 1.165) is 31.3 Å². The average molecular weight is 346 g/mol. The summed E-state index contributed by atoms with van der Waals surface area (Å²) in [5.74, 6) is -0.422. The van der Waals surface area contributed by atoms with Crippen molar-refractivity contribution in [2.45, 2.75) is 71.1 Å². The van der Waals surface area contributed by atoms with Crippen LogP contribution in [0.2, 0.25) is 0 Å². The molecule has 4 nitrogen and oxygen atoms in total. The largest absolute Gasteiger partial charge is 0.468 e. The fourth-order valence-corrected chi connectivity index (χ4v) is 4.21. The highest BCUT2D eigenvalue weighted by Gasteiger charge is 2.55. The number of allylic oxidation sites excluding steroid dienone is 3. The number of carbonyl (C=O) groups excluding carboxylic acids is 3. The minimum Gasteiger partial charge on any atom is -0.468 e. The van der Waals surface area contributed by atoms with Gasteiger partial charge in [-0.2, -0.15) is 0 Å². The number of ketones is 2. The van der Waals surface area contributed by atoms with E-state index >= 15 is 0 Å². The number of carbonyl (C=O) groups is 3. The first-order valence-corrected chi connectivity index (χ1v) is 9.36. The molecule has 0 aromatic carbocycles.